The molecular formula is C28H24. The van der Waals surface area contributed by atoms with Gasteiger partial charge in [-0.3, -0.25) is 0 Å². The molecule has 5 aromatic rings. The molecule has 0 spiro atoms. The maximum absolute atomic E-state index is 2.32. The largest absolute Gasteiger partial charge is 0.0654 e. The molecule has 0 atom stereocenters. The zero-order valence-electron chi connectivity index (χ0n) is 16.3. The van der Waals surface area contributed by atoms with Gasteiger partial charge in [0.25, 0.3) is 0 Å². The van der Waals surface area contributed by atoms with Crippen molar-refractivity contribution in [1.82, 2.24) is 0 Å². The molecule has 0 heterocycles. The van der Waals surface area contributed by atoms with E-state index in [4.69, 9.17) is 0 Å². The lowest BCUT2D eigenvalue weighted by Crippen LogP contribution is -1.86. The first kappa shape index (κ1) is 17.0. The van der Waals surface area contributed by atoms with Crippen LogP contribution in [0.15, 0.2) is 91.0 Å². The molecule has 0 N–H and O–H groups in total. The first-order valence-electron chi connectivity index (χ1n) is 10.3. The standard InChI is InChI=1S/C28H24/c1-2-3-6-20-9-11-21(12-10-20)23-14-16-26-24(19-23)15-18-27-25-8-5-4-7-22(25)13-17-28(26)27/h4-5,7-19H,2-3,6H2,1H3. The third-order valence-electron chi connectivity index (χ3n) is 5.85. The van der Waals surface area contributed by atoms with Gasteiger partial charge in [-0.1, -0.05) is 98.3 Å². The second-order valence-electron chi connectivity index (χ2n) is 7.68. The van der Waals surface area contributed by atoms with Crippen LogP contribution in [0.5, 0.6) is 0 Å². The molecule has 0 amide bonds. The zero-order chi connectivity index (χ0) is 18.9. The van der Waals surface area contributed by atoms with Gasteiger partial charge in [0.1, 0.15) is 0 Å². The molecule has 0 nitrogen and oxygen atoms in total. The number of aryl methyl sites for hydroxylation is 1. The van der Waals surface area contributed by atoms with Gasteiger partial charge in [-0.2, -0.15) is 0 Å². The summed E-state index contributed by atoms with van der Waals surface area (Å²) in [5.74, 6) is 0. The summed E-state index contributed by atoms with van der Waals surface area (Å²) >= 11 is 0. The third-order valence-corrected chi connectivity index (χ3v) is 5.85. The summed E-state index contributed by atoms with van der Waals surface area (Å²) in [4.78, 5) is 0. The van der Waals surface area contributed by atoms with Crippen molar-refractivity contribution in [3.8, 4) is 11.1 Å². The Morgan fingerprint density at radius 3 is 1.96 bits per heavy atom. The van der Waals surface area contributed by atoms with Gasteiger partial charge < -0.3 is 0 Å². The van der Waals surface area contributed by atoms with Gasteiger partial charge in [0, 0.05) is 0 Å². The van der Waals surface area contributed by atoms with Gasteiger partial charge in [-0.15, -0.1) is 0 Å². The average Bonchev–Trinajstić information content (AvgIpc) is 2.77. The van der Waals surface area contributed by atoms with E-state index in [2.05, 4.69) is 97.9 Å². The lowest BCUT2D eigenvalue weighted by molar-refractivity contribution is 0.795. The maximum Gasteiger partial charge on any atom is -0.00990 e. The zero-order valence-corrected chi connectivity index (χ0v) is 16.3. The molecule has 0 bridgehead atoms. The molecule has 0 radical (unpaired) electrons. The minimum atomic E-state index is 1.18. The second-order valence-corrected chi connectivity index (χ2v) is 7.68. The van der Waals surface area contributed by atoms with Gasteiger partial charge in [-0.05, 0) is 67.9 Å². The minimum absolute atomic E-state index is 1.18. The molecule has 136 valence electrons. The SMILES string of the molecule is CCCCc1ccc(-c2ccc3c(ccc4c5ccccc5ccc34)c2)cc1. The van der Waals surface area contributed by atoms with Gasteiger partial charge >= 0.3 is 0 Å². The van der Waals surface area contributed by atoms with Crippen LogP contribution in [0.25, 0.3) is 43.4 Å². The molecule has 0 unspecified atom stereocenters. The molecule has 0 saturated carbocycles. The fraction of sp³-hybridized carbons (Fsp3) is 0.143. The normalized spacial score (nSPS) is 11.5. The van der Waals surface area contributed by atoms with Crippen LogP contribution < -0.4 is 0 Å². The van der Waals surface area contributed by atoms with E-state index in [0.717, 1.165) is 0 Å². The Morgan fingerprint density at radius 1 is 0.536 bits per heavy atom. The van der Waals surface area contributed by atoms with Crippen molar-refractivity contribution in [3.05, 3.63) is 96.6 Å². The number of fused-ring (bicyclic) bond motifs is 5. The quantitative estimate of drug-likeness (QED) is 0.284. The van der Waals surface area contributed by atoms with Gasteiger partial charge in [-0.25, -0.2) is 0 Å². The van der Waals surface area contributed by atoms with E-state index in [1.54, 1.807) is 0 Å². The van der Waals surface area contributed by atoms with E-state index in [9.17, 15) is 0 Å². The molecule has 0 aliphatic rings. The highest BCUT2D eigenvalue weighted by Crippen LogP contribution is 2.33. The van der Waals surface area contributed by atoms with Crippen LogP contribution in [-0.2, 0) is 6.42 Å². The number of hydrogen-bond acceptors (Lipinski definition) is 0. The lowest BCUT2D eigenvalue weighted by Gasteiger charge is -2.10. The molecule has 5 rings (SSSR count). The Kier molecular flexibility index (Phi) is 4.33. The van der Waals surface area contributed by atoms with Crippen molar-refractivity contribution in [2.75, 3.05) is 0 Å². The Balaban J connectivity index is 1.59. The van der Waals surface area contributed by atoms with Crippen LogP contribution in [0.2, 0.25) is 0 Å². The predicted molar refractivity (Wildman–Crippen MR) is 123 cm³/mol. The number of hydrogen-bond donors (Lipinski definition) is 0. The van der Waals surface area contributed by atoms with E-state index in [1.807, 2.05) is 0 Å². The van der Waals surface area contributed by atoms with Gasteiger partial charge in [0.15, 0.2) is 0 Å². The molecule has 0 heteroatoms. The molecule has 0 saturated heterocycles. The number of unbranched alkanes of at least 4 members (excludes halogenated alkanes) is 1. The van der Waals surface area contributed by atoms with E-state index >= 15 is 0 Å². The molecular weight excluding hydrogens is 336 g/mol. The summed E-state index contributed by atoms with van der Waals surface area (Å²) in [6, 6.07) is 33.6. The second kappa shape index (κ2) is 7.13. The summed E-state index contributed by atoms with van der Waals surface area (Å²) < 4.78 is 0. The van der Waals surface area contributed by atoms with Crippen LogP contribution >= 0.6 is 0 Å². The fourth-order valence-electron chi connectivity index (χ4n) is 4.25. The van der Waals surface area contributed by atoms with Crippen molar-refractivity contribution < 1.29 is 0 Å². The van der Waals surface area contributed by atoms with Crippen LogP contribution in [0.4, 0.5) is 0 Å². The molecule has 5 aromatic carbocycles. The Bertz CT molecular complexity index is 1280. The Labute approximate surface area is 166 Å². The first-order chi connectivity index (χ1) is 13.8. The van der Waals surface area contributed by atoms with Crippen molar-refractivity contribution in [3.63, 3.8) is 0 Å². The van der Waals surface area contributed by atoms with E-state index in [1.165, 1.54) is 68.3 Å². The van der Waals surface area contributed by atoms with Crippen molar-refractivity contribution in [2.24, 2.45) is 0 Å². The smallest absolute Gasteiger partial charge is 0.00990 e. The molecule has 0 fully saturated rings. The molecule has 0 aliphatic heterocycles. The van der Waals surface area contributed by atoms with Crippen LogP contribution in [-0.4, -0.2) is 0 Å². The van der Waals surface area contributed by atoms with Crippen LogP contribution in [0.1, 0.15) is 25.3 Å². The van der Waals surface area contributed by atoms with Crippen molar-refractivity contribution >= 4 is 32.3 Å². The first-order valence-corrected chi connectivity index (χ1v) is 10.3. The topological polar surface area (TPSA) is 0 Å². The van der Waals surface area contributed by atoms with Crippen LogP contribution in [0, 0.1) is 0 Å². The average molecular weight is 361 g/mol. The monoisotopic (exact) mass is 360 g/mol. The van der Waals surface area contributed by atoms with E-state index < -0.39 is 0 Å². The Hall–Kier alpha value is -3.12. The van der Waals surface area contributed by atoms with Crippen molar-refractivity contribution in [1.29, 1.82) is 0 Å². The van der Waals surface area contributed by atoms with E-state index in [0.29, 0.717) is 0 Å². The summed E-state index contributed by atoms with van der Waals surface area (Å²) in [5, 5.41) is 7.92. The summed E-state index contributed by atoms with van der Waals surface area (Å²) in [6.45, 7) is 2.25. The summed E-state index contributed by atoms with van der Waals surface area (Å²) in [5.41, 5.74) is 4.01. The lowest BCUT2D eigenvalue weighted by atomic mass is 9.94. The van der Waals surface area contributed by atoms with Crippen LogP contribution in [0.3, 0.4) is 0 Å². The number of rotatable bonds is 4. The maximum atomic E-state index is 2.32. The minimum Gasteiger partial charge on any atom is -0.0654 e. The molecule has 0 aliphatic carbocycles. The predicted octanol–water partition coefficient (Wildman–Crippen LogP) is 8.16. The fourth-order valence-corrected chi connectivity index (χ4v) is 4.25. The molecule has 0 aromatic heterocycles. The summed E-state index contributed by atoms with van der Waals surface area (Å²) in [6.07, 6.45) is 3.68. The summed E-state index contributed by atoms with van der Waals surface area (Å²) in [7, 11) is 0. The van der Waals surface area contributed by atoms with Crippen molar-refractivity contribution in [2.45, 2.75) is 26.2 Å². The van der Waals surface area contributed by atoms with Gasteiger partial charge in [0.2, 0.25) is 0 Å². The third kappa shape index (κ3) is 2.96. The highest BCUT2D eigenvalue weighted by molar-refractivity contribution is 6.17. The highest BCUT2D eigenvalue weighted by Gasteiger charge is 2.06. The number of benzene rings is 5. The Morgan fingerprint density at radius 2 is 1.18 bits per heavy atom. The van der Waals surface area contributed by atoms with E-state index in [-0.39, 0.29) is 0 Å². The highest BCUT2D eigenvalue weighted by atomic mass is 14.1. The molecule has 28 heavy (non-hydrogen) atoms. The van der Waals surface area contributed by atoms with Gasteiger partial charge in [0.05, 0.1) is 0 Å².